The van der Waals surface area contributed by atoms with Crippen LogP contribution >= 0.6 is 0 Å². The number of rotatable bonds is 8. The molecule has 2 N–H and O–H groups in total. The molecule has 0 amide bonds. The van der Waals surface area contributed by atoms with E-state index in [9.17, 15) is 9.90 Å². The van der Waals surface area contributed by atoms with Gasteiger partial charge in [0.05, 0.1) is 18.2 Å². The fourth-order valence-electron chi connectivity index (χ4n) is 3.57. The Kier molecular flexibility index (Phi) is 6.81. The number of aliphatic hydroxyl groups is 1. The van der Waals surface area contributed by atoms with Crippen molar-refractivity contribution in [3.05, 3.63) is 108 Å². The van der Waals surface area contributed by atoms with Crippen molar-refractivity contribution in [2.45, 2.75) is 31.5 Å². The Labute approximate surface area is 172 Å². The molecule has 0 radical (unpaired) electrons. The highest BCUT2D eigenvalue weighted by Gasteiger charge is 2.40. The average Bonchev–Trinajstić information content (AvgIpc) is 2.76. The lowest BCUT2D eigenvalue weighted by Gasteiger charge is -2.39. The number of hydrogen-bond acceptors (Lipinski definition) is 4. The van der Waals surface area contributed by atoms with E-state index in [4.69, 9.17) is 4.74 Å². The number of carbonyl (C=O) groups is 1. The summed E-state index contributed by atoms with van der Waals surface area (Å²) in [6.45, 7) is 3.22. The van der Waals surface area contributed by atoms with Crippen molar-refractivity contribution < 1.29 is 14.6 Å². The quantitative estimate of drug-likeness (QED) is 0.453. The molecule has 4 heteroatoms. The molecule has 3 aromatic rings. The first-order valence-corrected chi connectivity index (χ1v) is 9.83. The lowest BCUT2D eigenvalue weighted by atomic mass is 9.76. The molecule has 0 aliphatic carbocycles. The first kappa shape index (κ1) is 20.8. The van der Waals surface area contributed by atoms with Gasteiger partial charge in [-0.25, -0.2) is 0 Å². The molecule has 0 fully saturated rings. The van der Waals surface area contributed by atoms with E-state index in [0.717, 1.165) is 16.7 Å². The molecule has 3 aromatic carbocycles. The van der Waals surface area contributed by atoms with Crippen LogP contribution in [0.3, 0.4) is 0 Å². The predicted molar refractivity (Wildman–Crippen MR) is 114 cm³/mol. The Hall–Kier alpha value is -2.95. The third-order valence-corrected chi connectivity index (χ3v) is 4.83. The molecule has 0 aromatic heterocycles. The molecule has 150 valence electrons. The third-order valence-electron chi connectivity index (χ3n) is 4.83. The largest absolute Gasteiger partial charge is 0.462 e. The monoisotopic (exact) mass is 389 g/mol. The number of aliphatic hydroxyl groups excluding tert-OH is 1. The molecule has 4 nitrogen and oxygen atoms in total. The van der Waals surface area contributed by atoms with Crippen molar-refractivity contribution in [2.75, 3.05) is 6.61 Å². The molecule has 3 rings (SSSR count). The van der Waals surface area contributed by atoms with Gasteiger partial charge >= 0.3 is 5.97 Å². The molecule has 0 saturated heterocycles. The zero-order valence-corrected chi connectivity index (χ0v) is 16.8. The van der Waals surface area contributed by atoms with Crippen LogP contribution in [0.2, 0.25) is 0 Å². The van der Waals surface area contributed by atoms with Crippen LogP contribution < -0.4 is 5.32 Å². The van der Waals surface area contributed by atoms with Crippen LogP contribution in [0.1, 0.15) is 30.5 Å². The summed E-state index contributed by atoms with van der Waals surface area (Å²) in [7, 11) is 0. The van der Waals surface area contributed by atoms with Crippen molar-refractivity contribution in [3.63, 3.8) is 0 Å². The Morgan fingerprint density at radius 3 is 1.52 bits per heavy atom. The van der Waals surface area contributed by atoms with Gasteiger partial charge in [0.15, 0.2) is 0 Å². The van der Waals surface area contributed by atoms with Crippen molar-refractivity contribution in [1.82, 2.24) is 5.32 Å². The summed E-state index contributed by atoms with van der Waals surface area (Å²) in [6.07, 6.45) is -0.266. The summed E-state index contributed by atoms with van der Waals surface area (Å²) in [5.74, 6) is -0.477. The van der Waals surface area contributed by atoms with E-state index in [-0.39, 0.29) is 12.7 Å². The lowest BCUT2D eigenvalue weighted by Crippen LogP contribution is -2.54. The molecule has 0 aliphatic heterocycles. The first-order valence-electron chi connectivity index (χ1n) is 9.83. The predicted octanol–water partition coefficient (Wildman–Crippen LogP) is 3.88. The SMILES string of the molecule is CC(C)OC(=O)[C@H](CO)NC(c1ccccc1)(c1ccccc1)c1ccccc1. The second-order valence-electron chi connectivity index (χ2n) is 7.21. The molecule has 0 saturated carbocycles. The van der Waals surface area contributed by atoms with Crippen molar-refractivity contribution in [2.24, 2.45) is 0 Å². The molecule has 0 heterocycles. The molecule has 0 aliphatic rings. The van der Waals surface area contributed by atoms with Gasteiger partial charge in [-0.05, 0) is 30.5 Å². The van der Waals surface area contributed by atoms with E-state index in [2.05, 4.69) is 5.32 Å². The molecule has 0 unspecified atom stereocenters. The standard InChI is InChI=1S/C25H27NO3/c1-19(2)29-24(28)23(18-27)26-25(20-12-6-3-7-13-20,21-14-8-4-9-15-21)22-16-10-5-11-17-22/h3-17,19,23,26-27H,18H2,1-2H3/t23-/m0/s1. The minimum absolute atomic E-state index is 0.266. The van der Waals surface area contributed by atoms with E-state index >= 15 is 0 Å². The molecular weight excluding hydrogens is 362 g/mol. The Bertz CT molecular complexity index is 798. The number of carbonyl (C=O) groups excluding carboxylic acids is 1. The van der Waals surface area contributed by atoms with Gasteiger partial charge < -0.3 is 9.84 Å². The molecule has 1 atom stereocenters. The summed E-state index contributed by atoms with van der Waals surface area (Å²) in [6, 6.07) is 28.9. The highest BCUT2D eigenvalue weighted by atomic mass is 16.5. The second-order valence-corrected chi connectivity index (χ2v) is 7.21. The van der Waals surface area contributed by atoms with Gasteiger partial charge in [0.1, 0.15) is 6.04 Å². The third kappa shape index (κ3) is 4.56. The van der Waals surface area contributed by atoms with Crippen molar-refractivity contribution in [1.29, 1.82) is 0 Å². The molecular formula is C25H27NO3. The lowest BCUT2D eigenvalue weighted by molar-refractivity contribution is -0.151. The summed E-state index contributed by atoms with van der Waals surface area (Å²) in [5, 5.41) is 13.5. The van der Waals surface area contributed by atoms with Crippen LogP contribution in [-0.4, -0.2) is 29.8 Å². The molecule has 29 heavy (non-hydrogen) atoms. The number of esters is 1. The maximum Gasteiger partial charge on any atom is 0.325 e. The smallest absolute Gasteiger partial charge is 0.325 e. The van der Waals surface area contributed by atoms with Gasteiger partial charge in [-0.15, -0.1) is 0 Å². The Morgan fingerprint density at radius 2 is 1.21 bits per heavy atom. The summed E-state index contributed by atoms with van der Waals surface area (Å²) < 4.78 is 5.40. The average molecular weight is 389 g/mol. The highest BCUT2D eigenvalue weighted by Crippen LogP contribution is 2.37. The maximum absolute atomic E-state index is 12.7. The van der Waals surface area contributed by atoms with E-state index < -0.39 is 17.6 Å². The minimum Gasteiger partial charge on any atom is -0.462 e. The molecule has 0 bridgehead atoms. The Morgan fingerprint density at radius 1 is 0.828 bits per heavy atom. The fraction of sp³-hybridized carbons (Fsp3) is 0.240. The number of ether oxygens (including phenoxy) is 1. The van der Waals surface area contributed by atoms with Gasteiger partial charge in [-0.2, -0.15) is 0 Å². The summed E-state index contributed by atoms with van der Waals surface area (Å²) in [5.41, 5.74) is 2.06. The van der Waals surface area contributed by atoms with Crippen LogP contribution in [0.4, 0.5) is 0 Å². The summed E-state index contributed by atoms with van der Waals surface area (Å²) >= 11 is 0. The summed E-state index contributed by atoms with van der Waals surface area (Å²) in [4.78, 5) is 12.7. The normalized spacial score (nSPS) is 12.6. The maximum atomic E-state index is 12.7. The van der Waals surface area contributed by atoms with Crippen molar-refractivity contribution in [3.8, 4) is 0 Å². The van der Waals surface area contributed by atoms with E-state index in [1.165, 1.54) is 0 Å². The zero-order valence-electron chi connectivity index (χ0n) is 16.8. The Balaban J connectivity index is 2.21. The first-order chi connectivity index (χ1) is 14.1. The second kappa shape index (κ2) is 9.50. The van der Waals surface area contributed by atoms with E-state index in [0.29, 0.717) is 0 Å². The van der Waals surface area contributed by atoms with Gasteiger partial charge in [0.25, 0.3) is 0 Å². The van der Waals surface area contributed by atoms with Crippen LogP contribution in [-0.2, 0) is 15.1 Å². The zero-order chi connectivity index (χ0) is 20.7. The van der Waals surface area contributed by atoms with E-state index in [1.807, 2.05) is 91.0 Å². The van der Waals surface area contributed by atoms with Gasteiger partial charge in [-0.1, -0.05) is 91.0 Å². The van der Waals surface area contributed by atoms with Crippen LogP contribution in [0.15, 0.2) is 91.0 Å². The van der Waals surface area contributed by atoms with Crippen LogP contribution in [0, 0.1) is 0 Å². The highest BCUT2D eigenvalue weighted by molar-refractivity contribution is 5.76. The minimum atomic E-state index is -0.891. The number of nitrogens with one attached hydrogen (secondary N) is 1. The topological polar surface area (TPSA) is 58.6 Å². The van der Waals surface area contributed by atoms with E-state index in [1.54, 1.807) is 13.8 Å². The number of benzene rings is 3. The van der Waals surface area contributed by atoms with Gasteiger partial charge in [0.2, 0.25) is 0 Å². The van der Waals surface area contributed by atoms with Gasteiger partial charge in [-0.3, -0.25) is 10.1 Å². The fourth-order valence-corrected chi connectivity index (χ4v) is 3.57. The number of hydrogen-bond donors (Lipinski definition) is 2. The molecule has 0 spiro atoms. The van der Waals surface area contributed by atoms with Crippen molar-refractivity contribution >= 4 is 5.97 Å². The van der Waals surface area contributed by atoms with Gasteiger partial charge in [0, 0.05) is 0 Å². The van der Waals surface area contributed by atoms with Crippen LogP contribution in [0.5, 0.6) is 0 Å². The van der Waals surface area contributed by atoms with Crippen LogP contribution in [0.25, 0.3) is 0 Å².